The van der Waals surface area contributed by atoms with E-state index in [-0.39, 0.29) is 0 Å². The van der Waals surface area contributed by atoms with Crippen LogP contribution in [-0.2, 0) is 12.8 Å². The first-order valence-electron chi connectivity index (χ1n) is 7.86. The summed E-state index contributed by atoms with van der Waals surface area (Å²) in [6.07, 6.45) is 6.63. The average molecular weight is 258 g/mol. The molecule has 0 spiro atoms. The van der Waals surface area contributed by atoms with E-state index in [2.05, 4.69) is 38.1 Å². The Kier molecular flexibility index (Phi) is 3.42. The largest absolute Gasteiger partial charge is 0.389 e. The van der Waals surface area contributed by atoms with E-state index >= 15 is 0 Å². The van der Waals surface area contributed by atoms with Gasteiger partial charge in [0.05, 0.1) is 5.60 Å². The molecule has 1 nitrogen and oxygen atoms in total. The standard InChI is InChI=1S/C18H26O/c1-13-9-14(2)11-17(10-13)18(19)8-7-15-5-3-4-6-16(15)12-18/h3-6,13-14,17,19H,7-12H2,1-2H3. The maximum Gasteiger partial charge on any atom is 0.0719 e. The Morgan fingerprint density at radius 1 is 1.00 bits per heavy atom. The molecule has 104 valence electrons. The van der Waals surface area contributed by atoms with Gasteiger partial charge >= 0.3 is 0 Å². The molecule has 1 aromatic carbocycles. The van der Waals surface area contributed by atoms with E-state index in [4.69, 9.17) is 0 Å². The second-order valence-electron chi connectivity index (χ2n) is 7.16. The van der Waals surface area contributed by atoms with Crippen LogP contribution in [0.25, 0.3) is 0 Å². The van der Waals surface area contributed by atoms with Crippen LogP contribution in [0, 0.1) is 17.8 Å². The smallest absolute Gasteiger partial charge is 0.0719 e. The highest BCUT2D eigenvalue weighted by Crippen LogP contribution is 2.44. The molecule has 1 saturated carbocycles. The van der Waals surface area contributed by atoms with Gasteiger partial charge in [-0.15, -0.1) is 0 Å². The second-order valence-corrected chi connectivity index (χ2v) is 7.16. The molecular weight excluding hydrogens is 232 g/mol. The topological polar surface area (TPSA) is 20.2 Å². The van der Waals surface area contributed by atoms with Gasteiger partial charge in [-0.25, -0.2) is 0 Å². The summed E-state index contributed by atoms with van der Waals surface area (Å²) < 4.78 is 0. The molecule has 1 N–H and O–H groups in total. The highest BCUT2D eigenvalue weighted by molar-refractivity contribution is 5.31. The van der Waals surface area contributed by atoms with Crippen molar-refractivity contribution in [2.75, 3.05) is 0 Å². The molecule has 2 aliphatic rings. The van der Waals surface area contributed by atoms with E-state index < -0.39 is 5.60 Å². The van der Waals surface area contributed by atoms with Gasteiger partial charge in [0.25, 0.3) is 0 Å². The first-order chi connectivity index (χ1) is 9.07. The molecule has 0 aliphatic heterocycles. The Hall–Kier alpha value is -0.820. The minimum Gasteiger partial charge on any atom is -0.389 e. The van der Waals surface area contributed by atoms with Crippen molar-refractivity contribution in [2.24, 2.45) is 17.8 Å². The van der Waals surface area contributed by atoms with Gasteiger partial charge in [0.2, 0.25) is 0 Å². The molecule has 19 heavy (non-hydrogen) atoms. The van der Waals surface area contributed by atoms with E-state index in [0.29, 0.717) is 5.92 Å². The zero-order chi connectivity index (χ0) is 13.5. The van der Waals surface area contributed by atoms with Gasteiger partial charge in [-0.3, -0.25) is 0 Å². The number of hydrogen-bond donors (Lipinski definition) is 1. The Morgan fingerprint density at radius 3 is 2.32 bits per heavy atom. The van der Waals surface area contributed by atoms with Crippen molar-refractivity contribution in [2.45, 2.75) is 58.0 Å². The number of fused-ring (bicyclic) bond motifs is 1. The molecule has 0 saturated heterocycles. The fraction of sp³-hybridized carbons (Fsp3) is 0.667. The SMILES string of the molecule is CC1CC(C)CC(C2(O)CCc3ccccc3C2)C1. The van der Waals surface area contributed by atoms with Crippen molar-refractivity contribution >= 4 is 0 Å². The zero-order valence-electron chi connectivity index (χ0n) is 12.2. The maximum atomic E-state index is 11.2. The van der Waals surface area contributed by atoms with Gasteiger partial charge in [0.1, 0.15) is 0 Å². The van der Waals surface area contributed by atoms with E-state index in [9.17, 15) is 5.11 Å². The molecule has 0 radical (unpaired) electrons. The lowest BCUT2D eigenvalue weighted by Gasteiger charge is -2.45. The zero-order valence-corrected chi connectivity index (χ0v) is 12.2. The van der Waals surface area contributed by atoms with E-state index in [1.165, 1.54) is 30.4 Å². The van der Waals surface area contributed by atoms with E-state index in [1.807, 2.05) is 0 Å². The van der Waals surface area contributed by atoms with Gasteiger partial charge in [0, 0.05) is 6.42 Å². The number of aliphatic hydroxyl groups is 1. The van der Waals surface area contributed by atoms with Crippen LogP contribution >= 0.6 is 0 Å². The molecule has 3 rings (SSSR count). The van der Waals surface area contributed by atoms with Crippen LogP contribution in [0.1, 0.15) is 50.7 Å². The van der Waals surface area contributed by atoms with Crippen LogP contribution in [0.4, 0.5) is 0 Å². The Balaban J connectivity index is 1.81. The lowest BCUT2D eigenvalue weighted by molar-refractivity contribution is -0.0583. The van der Waals surface area contributed by atoms with Crippen LogP contribution in [-0.4, -0.2) is 10.7 Å². The van der Waals surface area contributed by atoms with Crippen molar-refractivity contribution in [3.63, 3.8) is 0 Å². The molecule has 2 aliphatic carbocycles. The van der Waals surface area contributed by atoms with Crippen molar-refractivity contribution in [3.8, 4) is 0 Å². The summed E-state index contributed by atoms with van der Waals surface area (Å²) >= 11 is 0. The normalized spacial score (nSPS) is 38.8. The van der Waals surface area contributed by atoms with Crippen molar-refractivity contribution < 1.29 is 5.11 Å². The third-order valence-corrected chi connectivity index (χ3v) is 5.38. The molecule has 0 amide bonds. The average Bonchev–Trinajstić information content (AvgIpc) is 2.37. The highest BCUT2D eigenvalue weighted by Gasteiger charge is 2.42. The molecule has 0 bridgehead atoms. The van der Waals surface area contributed by atoms with Crippen LogP contribution in [0.3, 0.4) is 0 Å². The van der Waals surface area contributed by atoms with Gasteiger partial charge in [-0.1, -0.05) is 38.1 Å². The van der Waals surface area contributed by atoms with Gasteiger partial charge in [-0.2, -0.15) is 0 Å². The summed E-state index contributed by atoms with van der Waals surface area (Å²) in [5, 5.41) is 11.2. The quantitative estimate of drug-likeness (QED) is 0.808. The Labute approximate surface area is 117 Å². The summed E-state index contributed by atoms with van der Waals surface area (Å²) in [4.78, 5) is 0. The molecule has 3 unspecified atom stereocenters. The third-order valence-electron chi connectivity index (χ3n) is 5.38. The first-order valence-corrected chi connectivity index (χ1v) is 7.86. The summed E-state index contributed by atoms with van der Waals surface area (Å²) in [5.41, 5.74) is 2.38. The second kappa shape index (κ2) is 4.94. The van der Waals surface area contributed by atoms with Crippen LogP contribution < -0.4 is 0 Å². The van der Waals surface area contributed by atoms with Crippen LogP contribution in [0.15, 0.2) is 24.3 Å². The summed E-state index contributed by atoms with van der Waals surface area (Å²) in [6, 6.07) is 8.65. The molecule has 3 atom stereocenters. The monoisotopic (exact) mass is 258 g/mol. The number of hydrogen-bond acceptors (Lipinski definition) is 1. The summed E-state index contributed by atoms with van der Waals surface area (Å²) in [6.45, 7) is 4.70. The molecular formula is C18H26O. The molecule has 0 heterocycles. The predicted octanol–water partition coefficient (Wildman–Crippen LogP) is 3.98. The predicted molar refractivity (Wildman–Crippen MR) is 79.1 cm³/mol. The van der Waals surface area contributed by atoms with E-state index in [0.717, 1.165) is 31.1 Å². The van der Waals surface area contributed by atoms with Crippen LogP contribution in [0.5, 0.6) is 0 Å². The van der Waals surface area contributed by atoms with Gasteiger partial charge in [-0.05, 0) is 61.0 Å². The van der Waals surface area contributed by atoms with Crippen molar-refractivity contribution in [3.05, 3.63) is 35.4 Å². The Bertz CT molecular complexity index is 443. The minimum atomic E-state index is -0.447. The maximum absolute atomic E-state index is 11.2. The molecule has 1 aromatic rings. The lowest BCUT2D eigenvalue weighted by Crippen LogP contribution is -2.46. The van der Waals surface area contributed by atoms with Gasteiger partial charge in [0.15, 0.2) is 0 Å². The summed E-state index contributed by atoms with van der Waals surface area (Å²) in [5.74, 6) is 2.05. The fourth-order valence-electron chi connectivity index (χ4n) is 4.48. The highest BCUT2D eigenvalue weighted by atomic mass is 16.3. The number of benzene rings is 1. The fourth-order valence-corrected chi connectivity index (χ4v) is 4.48. The molecule has 1 fully saturated rings. The molecule has 0 aromatic heterocycles. The van der Waals surface area contributed by atoms with Gasteiger partial charge < -0.3 is 5.11 Å². The first kappa shape index (κ1) is 13.2. The number of rotatable bonds is 1. The lowest BCUT2D eigenvalue weighted by atomic mass is 9.64. The van der Waals surface area contributed by atoms with Crippen molar-refractivity contribution in [1.29, 1.82) is 0 Å². The van der Waals surface area contributed by atoms with Crippen LogP contribution in [0.2, 0.25) is 0 Å². The molecule has 1 heteroatoms. The minimum absolute atomic E-state index is 0.447. The summed E-state index contributed by atoms with van der Waals surface area (Å²) in [7, 11) is 0. The Morgan fingerprint density at radius 2 is 1.63 bits per heavy atom. The number of aryl methyl sites for hydroxylation is 1. The van der Waals surface area contributed by atoms with Crippen molar-refractivity contribution in [1.82, 2.24) is 0 Å². The third kappa shape index (κ3) is 2.58. The van der Waals surface area contributed by atoms with E-state index in [1.54, 1.807) is 0 Å².